The van der Waals surface area contributed by atoms with Crippen LogP contribution in [0.4, 0.5) is 27.1 Å². The molecule has 9 atom stereocenters. The number of hydrogen-bond acceptors (Lipinski definition) is 12. The molecule has 0 unspecified atom stereocenters. The van der Waals surface area contributed by atoms with E-state index in [2.05, 4.69) is 174 Å². The van der Waals surface area contributed by atoms with Crippen LogP contribution in [0.5, 0.6) is 5.75 Å². The van der Waals surface area contributed by atoms with Crippen molar-refractivity contribution in [3.63, 3.8) is 0 Å². The Morgan fingerprint density at radius 2 is 0.968 bits per heavy atom. The van der Waals surface area contributed by atoms with Crippen LogP contribution in [0, 0.1) is 35.4 Å². The number of carbonyl (C=O) groups is 1. The number of aliphatic hydroxyl groups is 1. The van der Waals surface area contributed by atoms with Gasteiger partial charge in [-0.3, -0.25) is 34.4 Å². The second-order valence-electron chi connectivity index (χ2n) is 25.6. The number of anilines is 4. The molecule has 5 N–H and O–H groups in total. The Kier molecular flexibility index (Phi) is 20.1. The topological polar surface area (TPSA) is 143 Å². The normalized spacial score (nSPS) is 22.2. The van der Waals surface area contributed by atoms with Gasteiger partial charge in [0.05, 0.1) is 19.8 Å². The zero-order valence-corrected chi connectivity index (χ0v) is 54.4. The van der Waals surface area contributed by atoms with Crippen LogP contribution in [0.25, 0.3) is 22.3 Å². The summed E-state index contributed by atoms with van der Waals surface area (Å²) in [7, 11) is 1.66. The number of carbonyl (C=O) groups excluding carboxylic acids is 1. The van der Waals surface area contributed by atoms with Crippen molar-refractivity contribution in [1.82, 2.24) is 29.7 Å². The van der Waals surface area contributed by atoms with Gasteiger partial charge in [-0.15, -0.1) is 11.6 Å². The van der Waals surface area contributed by atoms with Crippen molar-refractivity contribution in [1.29, 1.82) is 0 Å². The van der Waals surface area contributed by atoms with Crippen LogP contribution >= 0.6 is 11.6 Å². The van der Waals surface area contributed by atoms with Crippen LogP contribution in [-0.4, -0.2) is 98.0 Å². The lowest BCUT2D eigenvalue weighted by Gasteiger charge is -2.40. The second-order valence-corrected chi connectivity index (χ2v) is 25.8. The van der Waals surface area contributed by atoms with Crippen LogP contribution in [-0.2, 0) is 24.4 Å². The summed E-state index contributed by atoms with van der Waals surface area (Å²) in [6, 6.07) is 57.0. The average Bonchev–Trinajstić information content (AvgIpc) is 1.53. The number of amides is 1. The van der Waals surface area contributed by atoms with E-state index in [0.717, 1.165) is 109 Å². The van der Waals surface area contributed by atoms with E-state index in [-0.39, 0.29) is 36.3 Å². The lowest BCUT2D eigenvalue weighted by atomic mass is 9.81. The number of benzene rings is 6. The number of pyridine rings is 3. The zero-order valence-electron chi connectivity index (χ0n) is 53.6. The summed E-state index contributed by atoms with van der Waals surface area (Å²) in [4.78, 5) is 32.0. The molecule has 94 heavy (non-hydrogen) atoms. The molecule has 0 saturated carbocycles. The third-order valence-electron chi connectivity index (χ3n) is 20.0. The van der Waals surface area contributed by atoms with Gasteiger partial charge in [0.1, 0.15) is 17.4 Å². The number of nitrogens with zero attached hydrogens (tertiary/aromatic N) is 6. The number of rotatable bonds is 14. The highest BCUT2D eigenvalue weighted by molar-refractivity contribution is 6.29. The molecule has 9 heterocycles. The highest BCUT2D eigenvalue weighted by Crippen LogP contribution is 2.51. The Balaban J connectivity index is 0.000000128. The molecule has 480 valence electrons. The van der Waals surface area contributed by atoms with Crippen molar-refractivity contribution in [2.75, 3.05) is 60.5 Å². The summed E-state index contributed by atoms with van der Waals surface area (Å²) >= 11 is 5.66. The lowest BCUT2D eigenvalue weighted by Crippen LogP contribution is -2.41. The zero-order chi connectivity index (χ0) is 64.5. The third kappa shape index (κ3) is 14.3. The van der Waals surface area contributed by atoms with E-state index in [1.807, 2.05) is 85.7 Å². The van der Waals surface area contributed by atoms with E-state index < -0.39 is 0 Å². The van der Waals surface area contributed by atoms with Crippen molar-refractivity contribution < 1.29 is 19.0 Å². The number of methoxy groups -OCH3 is 1. The number of ether oxygens (including phenoxy) is 1. The Labute approximate surface area is 557 Å². The minimum atomic E-state index is -0.199. The molecule has 13 nitrogen and oxygen atoms in total. The van der Waals surface area contributed by atoms with Gasteiger partial charge in [0, 0.05) is 139 Å². The average molecular weight is 1270 g/mol. The molecule has 1 amide bonds. The van der Waals surface area contributed by atoms with E-state index in [1.165, 1.54) is 63.7 Å². The van der Waals surface area contributed by atoms with Gasteiger partial charge in [-0.25, -0.2) is 4.39 Å². The molecule has 15 heteroatoms. The van der Waals surface area contributed by atoms with Gasteiger partial charge in [-0.1, -0.05) is 62.1 Å². The van der Waals surface area contributed by atoms with E-state index in [0.29, 0.717) is 41.9 Å². The Morgan fingerprint density at radius 1 is 0.543 bits per heavy atom. The summed E-state index contributed by atoms with van der Waals surface area (Å²) in [5.41, 5.74) is 18.4. The summed E-state index contributed by atoms with van der Waals surface area (Å²) in [6.07, 6.45) is 16.9. The standard InChI is InChI=1S/C27H29ClN4O.C27H27N3O2.C25H26FN3/c1-2-24-22-10-13-32(17-18-8-11-29-12-9-18)27(22)23-15-20(6-7-25(23)31-24)19-4-3-5-21(14-19)30-26(33)16-28;1-32-22-7-4-19(5-8-22)2-3-20-6-9-25-24(16-20)27-23(26(18-31)29-25)12-15-30(27)17-21-10-13-28-14-11-21;1-2-23-21-10-13-29(16-17-8-11-27-12-9-17)25(21)22-15-19(6-7-24(22)28-23)18-4-3-5-20(26)14-18/h3-9,11-12,14-15,22,24,27,31H,2,10,13,16-17H2,1H3,(H,30,33);4-11,13-14,16,23,26-27,29,31H,12,15,17-18H2,1H3;3-9,11-12,14-15,21,23,25,28H,2,10,13,16H2,1H3/t22-,24-,27-;23-,26-,27-;21-,23-,25-/m111/s1. The van der Waals surface area contributed by atoms with Crippen molar-refractivity contribution in [2.45, 2.75) is 102 Å². The van der Waals surface area contributed by atoms with E-state index in [4.69, 9.17) is 16.3 Å². The van der Waals surface area contributed by atoms with Gasteiger partial charge in [0.25, 0.3) is 0 Å². The summed E-state index contributed by atoms with van der Waals surface area (Å²) < 4.78 is 19.0. The number of hydrogen-bond donors (Lipinski definition) is 5. The molecule has 6 aromatic carbocycles. The molecule has 0 radical (unpaired) electrons. The minimum Gasteiger partial charge on any atom is -0.497 e. The Hall–Kier alpha value is -8.94. The number of aromatic nitrogens is 3. The predicted molar refractivity (Wildman–Crippen MR) is 375 cm³/mol. The molecule has 0 aliphatic carbocycles. The van der Waals surface area contributed by atoms with Crippen LogP contribution in [0.3, 0.4) is 0 Å². The maximum Gasteiger partial charge on any atom is 0.239 e. The molecule has 6 aliphatic rings. The SMILES string of the molecule is CC[C@H]1Nc2ccc(-c3cccc(F)c3)cc2[C@H]2[C@@H]1CCN2Cc1ccncc1.CC[C@H]1Nc2ccc(-c3cccc(NC(=O)CCl)c3)cc2[C@H]2[C@@H]1CCN2Cc1ccncc1.COc1ccc(C#Cc2ccc3c(c2)[C@H]2[C@H](CCN2Cc2ccncc2)[C@@H](CO)N3)cc1. The predicted octanol–water partition coefficient (Wildman–Crippen LogP) is 15.2. The molecule has 9 aromatic rings. The van der Waals surface area contributed by atoms with Crippen molar-refractivity contribution >= 4 is 40.3 Å². The smallest absolute Gasteiger partial charge is 0.239 e. The largest absolute Gasteiger partial charge is 0.497 e. The molecule has 3 saturated heterocycles. The Bertz CT molecular complexity index is 4120. The number of aliphatic hydroxyl groups excluding tert-OH is 1. The first-order valence-corrected chi connectivity index (χ1v) is 33.8. The highest BCUT2D eigenvalue weighted by atomic mass is 35.5. The molecule has 6 aliphatic heterocycles. The van der Waals surface area contributed by atoms with Crippen LogP contribution in [0.2, 0.25) is 0 Å². The second kappa shape index (κ2) is 29.6. The van der Waals surface area contributed by atoms with Gasteiger partial charge < -0.3 is 31.1 Å². The fourth-order valence-corrected chi connectivity index (χ4v) is 15.6. The van der Waals surface area contributed by atoms with E-state index in [9.17, 15) is 14.3 Å². The van der Waals surface area contributed by atoms with Crippen LogP contribution < -0.4 is 26.0 Å². The maximum absolute atomic E-state index is 13.8. The molecule has 0 bridgehead atoms. The van der Waals surface area contributed by atoms with Gasteiger partial charge in [0.15, 0.2) is 0 Å². The number of nitrogens with one attached hydrogen (secondary N) is 4. The summed E-state index contributed by atoms with van der Waals surface area (Å²) in [5, 5.41) is 24.0. The monoisotopic (exact) mass is 1270 g/mol. The van der Waals surface area contributed by atoms with E-state index >= 15 is 0 Å². The van der Waals surface area contributed by atoms with Gasteiger partial charge in [0.2, 0.25) is 5.91 Å². The first kappa shape index (κ1) is 63.8. The minimum absolute atomic E-state index is 0.0519. The molecule has 3 fully saturated rings. The fourth-order valence-electron chi connectivity index (χ4n) is 15.5. The first-order valence-electron chi connectivity index (χ1n) is 33.2. The first-order chi connectivity index (χ1) is 46.1. The molecular weight excluding hydrogens is 1190 g/mol. The molecule has 0 spiro atoms. The van der Waals surface area contributed by atoms with Crippen molar-refractivity contribution in [2.24, 2.45) is 17.8 Å². The number of fused-ring (bicyclic) bond motifs is 9. The molecular formula is C79H82ClFN10O3. The molecule has 3 aromatic heterocycles. The lowest BCUT2D eigenvalue weighted by molar-refractivity contribution is -0.113. The number of halogens is 2. The van der Waals surface area contributed by atoms with Crippen molar-refractivity contribution in [3.8, 4) is 39.8 Å². The van der Waals surface area contributed by atoms with Crippen LogP contribution in [0.1, 0.15) is 109 Å². The van der Waals surface area contributed by atoms with E-state index in [1.54, 1.807) is 19.2 Å². The van der Waals surface area contributed by atoms with Crippen LogP contribution in [0.15, 0.2) is 201 Å². The Morgan fingerprint density at radius 3 is 1.44 bits per heavy atom. The van der Waals surface area contributed by atoms with Gasteiger partial charge in [-0.05, 0) is 235 Å². The van der Waals surface area contributed by atoms with Crippen molar-refractivity contribution in [3.05, 3.63) is 251 Å². The van der Waals surface area contributed by atoms with Gasteiger partial charge >= 0.3 is 0 Å². The number of likely N-dealkylation sites (tertiary alicyclic amines) is 3. The summed E-state index contributed by atoms with van der Waals surface area (Å²) in [6.45, 7) is 10.6. The number of alkyl halides is 1. The molecule has 15 rings (SSSR count). The summed E-state index contributed by atoms with van der Waals surface area (Å²) in [5.74, 6) is 8.53. The quantitative estimate of drug-likeness (QED) is 0.0522. The fraction of sp³-hybridized carbons (Fsp3) is 0.316. The highest BCUT2D eigenvalue weighted by Gasteiger charge is 2.46. The third-order valence-corrected chi connectivity index (χ3v) is 20.3. The van der Waals surface area contributed by atoms with Gasteiger partial charge in [-0.2, -0.15) is 0 Å². The maximum atomic E-state index is 13.8.